The maximum absolute atomic E-state index is 12.5. The Morgan fingerprint density at radius 1 is 1.32 bits per heavy atom. The fourth-order valence-electron chi connectivity index (χ4n) is 2.13. The average Bonchev–Trinajstić information content (AvgIpc) is 2.78. The lowest BCUT2D eigenvalue weighted by Crippen LogP contribution is -2.24. The molecule has 0 aliphatic rings. The van der Waals surface area contributed by atoms with Crippen molar-refractivity contribution in [3.63, 3.8) is 0 Å². The highest BCUT2D eigenvalue weighted by Crippen LogP contribution is 2.26. The minimum atomic E-state index is 0.0131. The molecule has 0 unspecified atom stereocenters. The van der Waals surface area contributed by atoms with Crippen molar-refractivity contribution in [3.05, 3.63) is 27.7 Å². The first-order chi connectivity index (χ1) is 9.08. The molecule has 0 aromatic carbocycles. The zero-order chi connectivity index (χ0) is 14.0. The Kier molecular flexibility index (Phi) is 3.99. The van der Waals surface area contributed by atoms with Crippen LogP contribution in [0.1, 0.15) is 25.1 Å². The Hall–Kier alpha value is -1.69. The summed E-state index contributed by atoms with van der Waals surface area (Å²) in [6.07, 6.45) is 0. The van der Waals surface area contributed by atoms with E-state index in [0.29, 0.717) is 17.1 Å². The Balaban J connectivity index is 2.58. The predicted molar refractivity (Wildman–Crippen MR) is 78.9 cm³/mol. The van der Waals surface area contributed by atoms with Gasteiger partial charge >= 0.3 is 0 Å². The van der Waals surface area contributed by atoms with Crippen LogP contribution in [0.25, 0.3) is 10.6 Å². The smallest absolute Gasteiger partial charge is 0.261 e. The molecule has 0 aliphatic carbocycles. The van der Waals surface area contributed by atoms with Crippen molar-refractivity contribution in [1.29, 1.82) is 0 Å². The summed E-state index contributed by atoms with van der Waals surface area (Å²) < 4.78 is 1.76. The fourth-order valence-corrected chi connectivity index (χ4v) is 3.04. The summed E-state index contributed by atoms with van der Waals surface area (Å²) in [6.45, 7) is 9.32. The summed E-state index contributed by atoms with van der Waals surface area (Å²) in [5.74, 6) is 0. The van der Waals surface area contributed by atoms with Crippen molar-refractivity contribution in [2.75, 3.05) is 11.9 Å². The van der Waals surface area contributed by atoms with Crippen LogP contribution < -0.4 is 10.9 Å². The van der Waals surface area contributed by atoms with E-state index in [-0.39, 0.29) is 5.56 Å². The molecule has 0 atom stereocenters. The van der Waals surface area contributed by atoms with Gasteiger partial charge in [-0.05, 0) is 39.3 Å². The zero-order valence-corrected chi connectivity index (χ0v) is 12.5. The van der Waals surface area contributed by atoms with Gasteiger partial charge in [-0.15, -0.1) is 10.2 Å². The third-order valence-electron chi connectivity index (χ3n) is 2.99. The molecule has 5 nitrogen and oxygen atoms in total. The van der Waals surface area contributed by atoms with Gasteiger partial charge in [0.15, 0.2) is 5.01 Å². The summed E-state index contributed by atoms with van der Waals surface area (Å²) >= 11 is 1.42. The molecule has 102 valence electrons. The molecule has 2 aromatic rings. The second kappa shape index (κ2) is 5.52. The Morgan fingerprint density at radius 3 is 2.68 bits per heavy atom. The van der Waals surface area contributed by atoms with E-state index in [0.717, 1.165) is 22.9 Å². The standard InChI is InChI=1S/C13H18N4OS/c1-5-14-13-16-15-11(19-13)10-8(3)7-9(4)17(6-2)12(10)18/h7H,5-6H2,1-4H3,(H,14,16). The quantitative estimate of drug-likeness (QED) is 0.933. The van der Waals surface area contributed by atoms with Crippen LogP contribution in [0.4, 0.5) is 5.13 Å². The minimum absolute atomic E-state index is 0.0131. The van der Waals surface area contributed by atoms with E-state index < -0.39 is 0 Å². The van der Waals surface area contributed by atoms with Crippen LogP contribution in [-0.4, -0.2) is 21.3 Å². The lowest BCUT2D eigenvalue weighted by Gasteiger charge is -2.10. The maximum Gasteiger partial charge on any atom is 0.261 e. The molecule has 0 saturated carbocycles. The van der Waals surface area contributed by atoms with Crippen LogP contribution in [0, 0.1) is 13.8 Å². The van der Waals surface area contributed by atoms with Crippen molar-refractivity contribution in [2.24, 2.45) is 0 Å². The summed E-state index contributed by atoms with van der Waals surface area (Å²) in [5, 5.41) is 12.7. The first-order valence-corrected chi connectivity index (χ1v) is 7.18. The molecular weight excluding hydrogens is 260 g/mol. The van der Waals surface area contributed by atoms with Gasteiger partial charge in [0.1, 0.15) is 0 Å². The fraction of sp³-hybridized carbons (Fsp3) is 0.462. The van der Waals surface area contributed by atoms with Gasteiger partial charge in [-0.3, -0.25) is 4.79 Å². The number of pyridine rings is 1. The summed E-state index contributed by atoms with van der Waals surface area (Å²) in [4.78, 5) is 12.5. The molecular formula is C13H18N4OS. The normalized spacial score (nSPS) is 10.7. The second-order valence-electron chi connectivity index (χ2n) is 4.34. The highest BCUT2D eigenvalue weighted by atomic mass is 32.1. The molecule has 2 rings (SSSR count). The Bertz CT molecular complexity index is 645. The van der Waals surface area contributed by atoms with Crippen molar-refractivity contribution < 1.29 is 0 Å². The number of hydrogen-bond donors (Lipinski definition) is 1. The minimum Gasteiger partial charge on any atom is -0.360 e. The highest BCUT2D eigenvalue weighted by molar-refractivity contribution is 7.18. The first-order valence-electron chi connectivity index (χ1n) is 6.37. The predicted octanol–water partition coefficient (Wildman–Crippen LogP) is 2.44. The highest BCUT2D eigenvalue weighted by Gasteiger charge is 2.15. The Morgan fingerprint density at radius 2 is 2.05 bits per heavy atom. The summed E-state index contributed by atoms with van der Waals surface area (Å²) in [5.41, 5.74) is 2.60. The zero-order valence-electron chi connectivity index (χ0n) is 11.6. The van der Waals surface area contributed by atoms with E-state index in [1.165, 1.54) is 11.3 Å². The molecule has 0 spiro atoms. The molecule has 2 heterocycles. The molecule has 0 radical (unpaired) electrons. The van der Waals surface area contributed by atoms with E-state index in [2.05, 4.69) is 15.5 Å². The lowest BCUT2D eigenvalue weighted by atomic mass is 10.1. The average molecular weight is 278 g/mol. The van der Waals surface area contributed by atoms with Crippen LogP contribution in [0.2, 0.25) is 0 Å². The molecule has 6 heteroatoms. The summed E-state index contributed by atoms with van der Waals surface area (Å²) in [6, 6.07) is 2.02. The number of anilines is 1. The topological polar surface area (TPSA) is 59.8 Å². The van der Waals surface area contributed by atoms with E-state index in [1.54, 1.807) is 4.57 Å². The van der Waals surface area contributed by atoms with Gasteiger partial charge in [0, 0.05) is 18.8 Å². The number of aryl methyl sites for hydroxylation is 2. The van der Waals surface area contributed by atoms with E-state index in [9.17, 15) is 4.79 Å². The number of rotatable bonds is 4. The number of nitrogens with zero attached hydrogens (tertiary/aromatic N) is 3. The molecule has 0 fully saturated rings. The van der Waals surface area contributed by atoms with Crippen LogP contribution >= 0.6 is 11.3 Å². The Labute approximate surface area is 116 Å². The number of nitrogens with one attached hydrogen (secondary N) is 1. The van der Waals surface area contributed by atoms with Crippen molar-refractivity contribution in [1.82, 2.24) is 14.8 Å². The molecule has 0 bridgehead atoms. The largest absolute Gasteiger partial charge is 0.360 e. The van der Waals surface area contributed by atoms with Crippen LogP contribution in [0.3, 0.4) is 0 Å². The summed E-state index contributed by atoms with van der Waals surface area (Å²) in [7, 11) is 0. The van der Waals surface area contributed by atoms with Gasteiger partial charge in [0.25, 0.3) is 5.56 Å². The van der Waals surface area contributed by atoms with Gasteiger partial charge in [-0.2, -0.15) is 0 Å². The van der Waals surface area contributed by atoms with E-state index in [4.69, 9.17) is 0 Å². The van der Waals surface area contributed by atoms with Gasteiger partial charge in [-0.25, -0.2) is 0 Å². The van der Waals surface area contributed by atoms with Gasteiger partial charge in [-0.1, -0.05) is 11.3 Å². The third-order valence-corrected chi connectivity index (χ3v) is 3.89. The molecule has 2 aromatic heterocycles. The maximum atomic E-state index is 12.5. The third kappa shape index (κ3) is 2.53. The van der Waals surface area contributed by atoms with Gasteiger partial charge in [0.2, 0.25) is 5.13 Å². The van der Waals surface area contributed by atoms with Crippen LogP contribution in [0.15, 0.2) is 10.9 Å². The number of aromatic nitrogens is 3. The SMILES string of the molecule is CCNc1nnc(-c2c(C)cc(C)n(CC)c2=O)s1. The van der Waals surface area contributed by atoms with Crippen molar-refractivity contribution in [3.8, 4) is 10.6 Å². The monoisotopic (exact) mass is 278 g/mol. The van der Waals surface area contributed by atoms with Gasteiger partial charge in [0.05, 0.1) is 5.56 Å². The van der Waals surface area contributed by atoms with Crippen LogP contribution in [-0.2, 0) is 6.54 Å². The van der Waals surface area contributed by atoms with E-state index >= 15 is 0 Å². The van der Waals surface area contributed by atoms with Crippen molar-refractivity contribution in [2.45, 2.75) is 34.2 Å². The number of hydrogen-bond acceptors (Lipinski definition) is 5. The van der Waals surface area contributed by atoms with Crippen molar-refractivity contribution >= 4 is 16.5 Å². The van der Waals surface area contributed by atoms with Gasteiger partial charge < -0.3 is 9.88 Å². The van der Waals surface area contributed by atoms with Crippen LogP contribution in [0.5, 0.6) is 0 Å². The molecule has 0 aliphatic heterocycles. The first kappa shape index (κ1) is 13.7. The van der Waals surface area contributed by atoms with E-state index in [1.807, 2.05) is 33.8 Å². The molecule has 19 heavy (non-hydrogen) atoms. The molecule has 1 N–H and O–H groups in total. The second-order valence-corrected chi connectivity index (χ2v) is 5.31. The lowest BCUT2D eigenvalue weighted by molar-refractivity contribution is 0.700. The molecule has 0 amide bonds. The molecule has 0 saturated heterocycles.